The highest BCUT2D eigenvalue weighted by molar-refractivity contribution is 7.90. The molecular weight excluding hydrogens is 284 g/mol. The Labute approximate surface area is 119 Å². The molecule has 1 heterocycles. The van der Waals surface area contributed by atoms with Crippen LogP contribution < -0.4 is 5.32 Å². The van der Waals surface area contributed by atoms with Crippen molar-refractivity contribution in [1.82, 2.24) is 4.98 Å². The fourth-order valence-corrected chi connectivity index (χ4v) is 3.44. The van der Waals surface area contributed by atoms with Crippen LogP contribution in [0.1, 0.15) is 25.7 Å². The predicted molar refractivity (Wildman–Crippen MR) is 77.4 cm³/mol. The third kappa shape index (κ3) is 4.08. The summed E-state index contributed by atoms with van der Waals surface area (Å²) in [4.78, 5) is 4.39. The molecule has 6 heteroatoms. The molecule has 0 amide bonds. The van der Waals surface area contributed by atoms with Gasteiger partial charge in [0.2, 0.25) is 0 Å². The molecule has 106 valence electrons. The Hall–Kier alpha value is -0.810. The Morgan fingerprint density at radius 1 is 1.37 bits per heavy atom. The van der Waals surface area contributed by atoms with Crippen LogP contribution in [0.15, 0.2) is 23.2 Å². The molecule has 0 aliphatic heterocycles. The summed E-state index contributed by atoms with van der Waals surface area (Å²) in [6.45, 7) is 0.753. The Morgan fingerprint density at radius 2 is 2.05 bits per heavy atom. The number of pyridine rings is 1. The van der Waals surface area contributed by atoms with Gasteiger partial charge >= 0.3 is 0 Å². The lowest BCUT2D eigenvalue weighted by atomic mass is 9.89. The van der Waals surface area contributed by atoms with Gasteiger partial charge in [-0.15, -0.1) is 11.6 Å². The molecule has 4 nitrogen and oxygen atoms in total. The summed E-state index contributed by atoms with van der Waals surface area (Å²) in [5.74, 6) is 1.00. The van der Waals surface area contributed by atoms with Crippen LogP contribution in [0.5, 0.6) is 0 Å². The second-order valence-corrected chi connectivity index (χ2v) is 7.72. The van der Waals surface area contributed by atoms with Crippen LogP contribution in [0, 0.1) is 5.92 Å². The van der Waals surface area contributed by atoms with Crippen LogP contribution in [0.3, 0.4) is 0 Å². The van der Waals surface area contributed by atoms with Gasteiger partial charge in [-0.3, -0.25) is 0 Å². The van der Waals surface area contributed by atoms with Gasteiger partial charge in [0.15, 0.2) is 9.84 Å². The molecule has 19 heavy (non-hydrogen) atoms. The molecule has 1 saturated carbocycles. The Balaban J connectivity index is 2.00. The second kappa shape index (κ2) is 6.09. The molecule has 0 spiro atoms. The van der Waals surface area contributed by atoms with Crippen LogP contribution in [-0.4, -0.2) is 31.6 Å². The first-order valence-corrected chi connectivity index (χ1v) is 8.82. The molecule has 1 aliphatic carbocycles. The quantitative estimate of drug-likeness (QED) is 0.869. The van der Waals surface area contributed by atoms with Gasteiger partial charge in [-0.2, -0.15) is 0 Å². The van der Waals surface area contributed by atoms with Crippen molar-refractivity contribution in [2.75, 3.05) is 18.1 Å². The number of rotatable bonds is 4. The SMILES string of the molecule is CS(=O)(=O)c1cccnc1NCC1CCC(Cl)CC1. The fraction of sp³-hybridized carbons (Fsp3) is 0.615. The number of halogens is 1. The fourth-order valence-electron chi connectivity index (χ4n) is 2.39. The zero-order valence-corrected chi connectivity index (χ0v) is 12.5. The van der Waals surface area contributed by atoms with E-state index in [1.165, 1.54) is 6.26 Å². The number of nitrogens with zero attached hydrogens (tertiary/aromatic N) is 1. The van der Waals surface area contributed by atoms with Gasteiger partial charge < -0.3 is 5.32 Å². The number of hydrogen-bond donors (Lipinski definition) is 1. The van der Waals surface area contributed by atoms with Gasteiger partial charge in [0, 0.05) is 24.4 Å². The molecule has 0 unspecified atom stereocenters. The maximum Gasteiger partial charge on any atom is 0.179 e. The standard InChI is InChI=1S/C13H19ClN2O2S/c1-19(17,18)12-3-2-8-15-13(12)16-9-10-4-6-11(14)7-5-10/h2-3,8,10-11H,4-7,9H2,1H3,(H,15,16). The van der Waals surface area contributed by atoms with Crippen molar-refractivity contribution < 1.29 is 8.42 Å². The molecule has 0 aromatic carbocycles. The molecular formula is C13H19ClN2O2S. The molecule has 1 N–H and O–H groups in total. The predicted octanol–water partition coefficient (Wildman–Crippen LogP) is 2.69. The zero-order valence-electron chi connectivity index (χ0n) is 11.0. The summed E-state index contributed by atoms with van der Waals surface area (Å²) in [6, 6.07) is 3.22. The number of anilines is 1. The first-order chi connectivity index (χ1) is 8.97. The van der Waals surface area contributed by atoms with Crippen LogP contribution in [0.2, 0.25) is 0 Å². The summed E-state index contributed by atoms with van der Waals surface area (Å²) in [5.41, 5.74) is 0. The van der Waals surface area contributed by atoms with Crippen LogP contribution in [0.4, 0.5) is 5.82 Å². The Bertz CT molecular complexity index is 525. The molecule has 1 fully saturated rings. The maximum absolute atomic E-state index is 11.7. The molecule has 2 rings (SSSR count). The monoisotopic (exact) mass is 302 g/mol. The van der Waals surface area contributed by atoms with Gasteiger partial charge in [-0.25, -0.2) is 13.4 Å². The van der Waals surface area contributed by atoms with E-state index in [2.05, 4.69) is 10.3 Å². The Kier molecular flexibility index (Phi) is 4.68. The minimum Gasteiger partial charge on any atom is -0.369 e. The number of aromatic nitrogens is 1. The highest BCUT2D eigenvalue weighted by atomic mass is 35.5. The smallest absolute Gasteiger partial charge is 0.179 e. The number of hydrogen-bond acceptors (Lipinski definition) is 4. The summed E-state index contributed by atoms with van der Waals surface area (Å²) < 4.78 is 23.3. The van der Waals surface area contributed by atoms with E-state index >= 15 is 0 Å². The van der Waals surface area contributed by atoms with E-state index in [0.29, 0.717) is 17.1 Å². The van der Waals surface area contributed by atoms with Crippen molar-refractivity contribution in [2.45, 2.75) is 36.0 Å². The van der Waals surface area contributed by atoms with Crippen molar-refractivity contribution in [3.63, 3.8) is 0 Å². The summed E-state index contributed by atoms with van der Waals surface area (Å²) in [5, 5.41) is 3.47. The van der Waals surface area contributed by atoms with Crippen LogP contribution in [0.25, 0.3) is 0 Å². The Morgan fingerprint density at radius 3 is 2.68 bits per heavy atom. The van der Waals surface area contributed by atoms with Crippen molar-refractivity contribution in [3.05, 3.63) is 18.3 Å². The largest absolute Gasteiger partial charge is 0.369 e. The van der Waals surface area contributed by atoms with E-state index in [1.807, 2.05) is 0 Å². The summed E-state index contributed by atoms with van der Waals surface area (Å²) in [7, 11) is -3.24. The lowest BCUT2D eigenvalue weighted by molar-refractivity contribution is 0.377. The highest BCUT2D eigenvalue weighted by Crippen LogP contribution is 2.28. The molecule has 1 aromatic heterocycles. The van der Waals surface area contributed by atoms with Gasteiger partial charge in [0.05, 0.1) is 0 Å². The lowest BCUT2D eigenvalue weighted by Gasteiger charge is -2.25. The van der Waals surface area contributed by atoms with Crippen LogP contribution >= 0.6 is 11.6 Å². The molecule has 0 saturated heterocycles. The molecule has 0 bridgehead atoms. The average Bonchev–Trinajstić information content (AvgIpc) is 2.37. The zero-order chi connectivity index (χ0) is 13.9. The topological polar surface area (TPSA) is 59.1 Å². The van der Waals surface area contributed by atoms with E-state index in [-0.39, 0.29) is 4.90 Å². The maximum atomic E-state index is 11.7. The van der Waals surface area contributed by atoms with Gasteiger partial charge in [0.25, 0.3) is 0 Å². The molecule has 1 aromatic rings. The van der Waals surface area contributed by atoms with E-state index in [4.69, 9.17) is 11.6 Å². The van der Waals surface area contributed by atoms with Crippen molar-refractivity contribution in [3.8, 4) is 0 Å². The minimum atomic E-state index is -3.24. The number of alkyl halides is 1. The second-order valence-electron chi connectivity index (χ2n) is 5.12. The molecule has 0 radical (unpaired) electrons. The number of sulfone groups is 1. The normalized spacial score (nSPS) is 24.1. The summed E-state index contributed by atoms with van der Waals surface area (Å²) >= 11 is 6.07. The summed E-state index contributed by atoms with van der Waals surface area (Å²) in [6.07, 6.45) is 7.05. The average molecular weight is 303 g/mol. The van der Waals surface area contributed by atoms with Gasteiger partial charge in [0.1, 0.15) is 10.7 Å². The van der Waals surface area contributed by atoms with Crippen molar-refractivity contribution >= 4 is 27.3 Å². The number of nitrogens with one attached hydrogen (secondary N) is 1. The minimum absolute atomic E-state index is 0.265. The van der Waals surface area contributed by atoms with Crippen molar-refractivity contribution in [1.29, 1.82) is 0 Å². The van der Waals surface area contributed by atoms with E-state index in [9.17, 15) is 8.42 Å². The third-order valence-electron chi connectivity index (χ3n) is 3.50. The van der Waals surface area contributed by atoms with Gasteiger partial charge in [-0.1, -0.05) is 0 Å². The van der Waals surface area contributed by atoms with E-state index in [1.54, 1.807) is 18.3 Å². The first kappa shape index (κ1) is 14.6. The van der Waals surface area contributed by atoms with Gasteiger partial charge in [-0.05, 0) is 43.7 Å². The first-order valence-electron chi connectivity index (χ1n) is 6.50. The molecule has 0 atom stereocenters. The molecule has 1 aliphatic rings. The van der Waals surface area contributed by atoms with Crippen LogP contribution in [-0.2, 0) is 9.84 Å². The highest BCUT2D eigenvalue weighted by Gasteiger charge is 2.20. The van der Waals surface area contributed by atoms with Crippen molar-refractivity contribution in [2.24, 2.45) is 5.92 Å². The lowest BCUT2D eigenvalue weighted by Crippen LogP contribution is -2.22. The van der Waals surface area contributed by atoms with E-state index < -0.39 is 9.84 Å². The third-order valence-corrected chi connectivity index (χ3v) is 5.07. The van der Waals surface area contributed by atoms with E-state index in [0.717, 1.165) is 32.2 Å².